The zero-order valence-electron chi connectivity index (χ0n) is 13.5. The second kappa shape index (κ2) is 6.13. The summed E-state index contributed by atoms with van der Waals surface area (Å²) in [5, 5.41) is 0. The van der Waals surface area contributed by atoms with Gasteiger partial charge in [-0.2, -0.15) is 4.31 Å². The van der Waals surface area contributed by atoms with Crippen molar-refractivity contribution in [3.8, 4) is 5.75 Å². The molecule has 6 nitrogen and oxygen atoms in total. The third-order valence-electron chi connectivity index (χ3n) is 4.62. The van der Waals surface area contributed by atoms with Crippen LogP contribution in [0, 0.1) is 5.92 Å². The Bertz CT molecular complexity index is 709. The van der Waals surface area contributed by atoms with Gasteiger partial charge in [0, 0.05) is 20.1 Å². The minimum Gasteiger partial charge on any atom is -0.491 e. The van der Waals surface area contributed by atoms with Gasteiger partial charge in [-0.05, 0) is 37.0 Å². The van der Waals surface area contributed by atoms with E-state index < -0.39 is 10.0 Å². The second-order valence-electron chi connectivity index (χ2n) is 6.27. The summed E-state index contributed by atoms with van der Waals surface area (Å²) in [5.41, 5.74) is 0.513. The van der Waals surface area contributed by atoms with E-state index in [0.29, 0.717) is 37.1 Å². The molecule has 0 bridgehead atoms. The van der Waals surface area contributed by atoms with Gasteiger partial charge in [0.1, 0.15) is 5.75 Å². The monoisotopic (exact) mass is 338 g/mol. The molecule has 7 heteroatoms. The van der Waals surface area contributed by atoms with Gasteiger partial charge in [0.05, 0.1) is 23.6 Å². The highest BCUT2D eigenvalue weighted by atomic mass is 32.2. The van der Waals surface area contributed by atoms with Gasteiger partial charge in [0.15, 0.2) is 0 Å². The Kier molecular flexibility index (Phi) is 4.33. The van der Waals surface area contributed by atoms with Crippen LogP contribution in [0.1, 0.15) is 26.2 Å². The van der Waals surface area contributed by atoms with Crippen LogP contribution < -0.4 is 9.64 Å². The Morgan fingerprint density at radius 1 is 1.22 bits per heavy atom. The van der Waals surface area contributed by atoms with Gasteiger partial charge in [0.2, 0.25) is 15.9 Å². The van der Waals surface area contributed by atoms with E-state index in [-0.39, 0.29) is 17.2 Å². The van der Waals surface area contributed by atoms with E-state index in [1.54, 1.807) is 25.2 Å². The number of anilines is 1. The lowest BCUT2D eigenvalue weighted by Gasteiger charge is -2.29. The maximum absolute atomic E-state index is 12.8. The molecule has 1 amide bonds. The molecule has 2 heterocycles. The number of hydrogen-bond acceptors (Lipinski definition) is 4. The first-order valence-corrected chi connectivity index (χ1v) is 9.37. The van der Waals surface area contributed by atoms with E-state index in [1.807, 2.05) is 0 Å². The number of fused-ring (bicyclic) bond motifs is 1. The van der Waals surface area contributed by atoms with Crippen LogP contribution in [0.4, 0.5) is 5.69 Å². The summed E-state index contributed by atoms with van der Waals surface area (Å²) in [5.74, 6) is 1.03. The fourth-order valence-corrected chi connectivity index (χ4v) is 4.46. The van der Waals surface area contributed by atoms with Gasteiger partial charge in [-0.1, -0.05) is 6.92 Å². The first kappa shape index (κ1) is 16.3. The van der Waals surface area contributed by atoms with E-state index in [1.165, 1.54) is 9.21 Å². The van der Waals surface area contributed by atoms with Crippen LogP contribution in [-0.4, -0.2) is 45.4 Å². The van der Waals surface area contributed by atoms with Gasteiger partial charge < -0.3 is 9.64 Å². The zero-order valence-corrected chi connectivity index (χ0v) is 14.3. The highest BCUT2D eigenvalue weighted by Crippen LogP contribution is 2.34. The van der Waals surface area contributed by atoms with E-state index in [0.717, 1.165) is 12.8 Å². The minimum absolute atomic E-state index is 0.0786. The number of nitrogens with zero attached hydrogens (tertiary/aromatic N) is 2. The van der Waals surface area contributed by atoms with Crippen molar-refractivity contribution < 1.29 is 17.9 Å². The molecule has 0 spiro atoms. The highest BCUT2D eigenvalue weighted by Gasteiger charge is 2.30. The first-order chi connectivity index (χ1) is 10.9. The van der Waals surface area contributed by atoms with Crippen molar-refractivity contribution in [1.82, 2.24) is 4.31 Å². The van der Waals surface area contributed by atoms with E-state index in [4.69, 9.17) is 4.74 Å². The lowest BCUT2D eigenvalue weighted by Crippen LogP contribution is -2.38. The average molecular weight is 338 g/mol. The van der Waals surface area contributed by atoms with Crippen molar-refractivity contribution in [3.63, 3.8) is 0 Å². The van der Waals surface area contributed by atoms with Crippen molar-refractivity contribution in [2.75, 3.05) is 31.6 Å². The zero-order chi connectivity index (χ0) is 16.6. The van der Waals surface area contributed by atoms with Crippen molar-refractivity contribution in [2.24, 2.45) is 5.92 Å². The fourth-order valence-electron chi connectivity index (χ4n) is 2.97. The van der Waals surface area contributed by atoms with Crippen LogP contribution in [0.15, 0.2) is 23.1 Å². The number of benzene rings is 1. The van der Waals surface area contributed by atoms with Crippen molar-refractivity contribution in [1.29, 1.82) is 0 Å². The van der Waals surface area contributed by atoms with Gasteiger partial charge in [-0.3, -0.25) is 4.79 Å². The number of hydrogen-bond donors (Lipinski definition) is 0. The second-order valence-corrected chi connectivity index (χ2v) is 8.21. The van der Waals surface area contributed by atoms with Gasteiger partial charge >= 0.3 is 0 Å². The summed E-state index contributed by atoms with van der Waals surface area (Å²) in [7, 11) is -1.88. The van der Waals surface area contributed by atoms with Crippen molar-refractivity contribution in [3.05, 3.63) is 18.2 Å². The van der Waals surface area contributed by atoms with Gasteiger partial charge in [-0.25, -0.2) is 8.42 Å². The predicted octanol–water partition coefficient (Wildman–Crippen LogP) is 1.85. The van der Waals surface area contributed by atoms with Crippen LogP contribution >= 0.6 is 0 Å². The van der Waals surface area contributed by atoms with Crippen LogP contribution in [0.2, 0.25) is 0 Å². The molecule has 1 saturated heterocycles. The molecule has 0 saturated carbocycles. The summed E-state index contributed by atoms with van der Waals surface area (Å²) in [6.07, 6.45) is 2.05. The Morgan fingerprint density at radius 3 is 2.61 bits per heavy atom. The fraction of sp³-hybridized carbons (Fsp3) is 0.562. The van der Waals surface area contributed by atoms with Crippen molar-refractivity contribution in [2.45, 2.75) is 31.1 Å². The molecule has 1 aromatic rings. The van der Waals surface area contributed by atoms with Crippen LogP contribution in [0.25, 0.3) is 0 Å². The molecule has 1 aromatic carbocycles. The largest absolute Gasteiger partial charge is 0.491 e. The average Bonchev–Trinajstić information content (AvgIpc) is 2.67. The summed E-state index contributed by atoms with van der Waals surface area (Å²) in [6, 6.07) is 4.76. The van der Waals surface area contributed by atoms with Gasteiger partial charge in [-0.15, -0.1) is 0 Å². The number of ether oxygens (including phenoxy) is 1. The molecule has 0 aliphatic carbocycles. The number of carbonyl (C=O) groups is 1. The first-order valence-electron chi connectivity index (χ1n) is 7.93. The standard InChI is InChI=1S/C16H22N2O4S/c1-12-5-8-18(9-6-12)23(20,21)13-3-4-15-14(11-13)17(2)16(19)7-10-22-15/h3-4,11-12H,5-10H2,1-2H3. The summed E-state index contributed by atoms with van der Waals surface area (Å²) >= 11 is 0. The van der Waals surface area contributed by atoms with E-state index >= 15 is 0 Å². The molecule has 2 aliphatic heterocycles. The summed E-state index contributed by atoms with van der Waals surface area (Å²) in [6.45, 7) is 3.55. The molecule has 2 aliphatic rings. The smallest absolute Gasteiger partial charge is 0.243 e. The van der Waals surface area contributed by atoms with E-state index in [9.17, 15) is 13.2 Å². The van der Waals surface area contributed by atoms with Gasteiger partial charge in [0.25, 0.3) is 0 Å². The SMILES string of the molecule is CC1CCN(S(=O)(=O)c2ccc3c(c2)N(C)C(=O)CCO3)CC1. The molecule has 23 heavy (non-hydrogen) atoms. The van der Waals surface area contributed by atoms with E-state index in [2.05, 4.69) is 6.92 Å². The third-order valence-corrected chi connectivity index (χ3v) is 6.51. The summed E-state index contributed by atoms with van der Waals surface area (Å²) < 4.78 is 32.8. The lowest BCUT2D eigenvalue weighted by molar-refractivity contribution is -0.118. The number of sulfonamides is 1. The highest BCUT2D eigenvalue weighted by molar-refractivity contribution is 7.89. The quantitative estimate of drug-likeness (QED) is 0.825. The Morgan fingerprint density at radius 2 is 1.91 bits per heavy atom. The molecular weight excluding hydrogens is 316 g/mol. The Labute approximate surface area is 137 Å². The molecular formula is C16H22N2O4S. The predicted molar refractivity (Wildman–Crippen MR) is 87.1 cm³/mol. The maximum Gasteiger partial charge on any atom is 0.243 e. The summed E-state index contributed by atoms with van der Waals surface area (Å²) in [4.78, 5) is 13.7. The van der Waals surface area contributed by atoms with Crippen LogP contribution in [0.3, 0.4) is 0 Å². The number of rotatable bonds is 2. The molecule has 3 rings (SSSR count). The Hall–Kier alpha value is -1.60. The molecule has 1 fully saturated rings. The number of carbonyl (C=O) groups excluding carboxylic acids is 1. The molecule has 0 N–H and O–H groups in total. The maximum atomic E-state index is 12.8. The molecule has 0 radical (unpaired) electrons. The Balaban J connectivity index is 1.94. The normalized spacial score (nSPS) is 20.8. The van der Waals surface area contributed by atoms with Crippen LogP contribution in [-0.2, 0) is 14.8 Å². The molecule has 0 aromatic heterocycles. The van der Waals surface area contributed by atoms with Crippen molar-refractivity contribution >= 4 is 21.6 Å². The lowest BCUT2D eigenvalue weighted by atomic mass is 10.0. The third kappa shape index (κ3) is 3.07. The number of piperidine rings is 1. The minimum atomic E-state index is -3.53. The number of amides is 1. The van der Waals surface area contributed by atoms with Crippen LogP contribution in [0.5, 0.6) is 5.75 Å². The molecule has 0 atom stereocenters. The molecule has 126 valence electrons. The topological polar surface area (TPSA) is 66.9 Å². The molecule has 0 unspecified atom stereocenters.